The molecule has 192 valence electrons. The fraction of sp³-hybridized carbons (Fsp3) is 0.241. The molecule has 1 N–H and O–H groups in total. The van der Waals surface area contributed by atoms with E-state index < -0.39 is 27.7 Å². The standard InChI is InChI=1S/C29H29NO6S/c1-18(2)27(30-37(33,34)23-13-10-19(3)11-14-23)29(32)35-22-12-15-24-20(4)25(28(31)36-26(24)17-22)16-21-8-6-5-7-9-21/h5-15,17-18,27,30H,16H2,1-4H3/t27-/m0/s1. The summed E-state index contributed by atoms with van der Waals surface area (Å²) >= 11 is 0. The second kappa shape index (κ2) is 10.7. The lowest BCUT2D eigenvalue weighted by molar-refractivity contribution is -0.137. The highest BCUT2D eigenvalue weighted by molar-refractivity contribution is 7.89. The largest absolute Gasteiger partial charge is 0.425 e. The minimum absolute atomic E-state index is 0.0609. The van der Waals surface area contributed by atoms with Crippen molar-refractivity contribution in [3.05, 3.63) is 105 Å². The first-order valence-corrected chi connectivity index (χ1v) is 13.4. The number of carbonyl (C=O) groups excluding carboxylic acids is 1. The number of nitrogens with one attached hydrogen (secondary N) is 1. The van der Waals surface area contributed by atoms with Crippen LogP contribution >= 0.6 is 0 Å². The van der Waals surface area contributed by atoms with Crippen LogP contribution in [0.4, 0.5) is 0 Å². The zero-order chi connectivity index (χ0) is 26.7. The molecule has 0 amide bonds. The van der Waals surface area contributed by atoms with Crippen molar-refractivity contribution in [2.75, 3.05) is 0 Å². The summed E-state index contributed by atoms with van der Waals surface area (Å²) in [5, 5.41) is 0.728. The van der Waals surface area contributed by atoms with Crippen LogP contribution < -0.4 is 15.1 Å². The minimum atomic E-state index is -3.95. The molecule has 0 aliphatic carbocycles. The van der Waals surface area contributed by atoms with E-state index in [-0.39, 0.29) is 22.1 Å². The molecule has 4 aromatic rings. The van der Waals surface area contributed by atoms with Gasteiger partial charge in [0.05, 0.1) is 4.90 Å². The maximum atomic E-state index is 13.0. The van der Waals surface area contributed by atoms with Crippen molar-refractivity contribution in [2.24, 2.45) is 5.92 Å². The van der Waals surface area contributed by atoms with Gasteiger partial charge in [0.1, 0.15) is 17.4 Å². The molecule has 37 heavy (non-hydrogen) atoms. The van der Waals surface area contributed by atoms with Gasteiger partial charge in [-0.25, -0.2) is 18.0 Å². The molecule has 0 saturated heterocycles. The van der Waals surface area contributed by atoms with E-state index in [1.54, 1.807) is 38.1 Å². The Kier molecular flexibility index (Phi) is 7.61. The molecule has 0 bridgehead atoms. The van der Waals surface area contributed by atoms with Crippen LogP contribution in [0.1, 0.15) is 36.1 Å². The zero-order valence-electron chi connectivity index (χ0n) is 21.1. The van der Waals surface area contributed by atoms with Crippen LogP contribution in [0.5, 0.6) is 5.75 Å². The van der Waals surface area contributed by atoms with E-state index in [1.807, 2.05) is 44.2 Å². The number of hydrogen-bond donors (Lipinski definition) is 1. The fourth-order valence-corrected chi connectivity index (χ4v) is 5.36. The van der Waals surface area contributed by atoms with Crippen LogP contribution in [0.15, 0.2) is 86.9 Å². The number of ether oxygens (including phenoxy) is 1. The molecule has 7 nitrogen and oxygen atoms in total. The Labute approximate surface area is 216 Å². The molecule has 0 aliphatic rings. The first-order chi connectivity index (χ1) is 17.5. The SMILES string of the molecule is Cc1ccc(S(=O)(=O)N[C@H](C(=O)Oc2ccc3c(C)c(Cc4ccccc4)c(=O)oc3c2)C(C)C)cc1. The molecule has 3 aromatic carbocycles. The molecule has 1 aromatic heterocycles. The highest BCUT2D eigenvalue weighted by Crippen LogP contribution is 2.26. The molecule has 0 radical (unpaired) electrons. The van der Waals surface area contributed by atoms with E-state index in [4.69, 9.17) is 9.15 Å². The predicted molar refractivity (Wildman–Crippen MR) is 142 cm³/mol. The summed E-state index contributed by atoms with van der Waals surface area (Å²) < 4.78 is 39.3. The summed E-state index contributed by atoms with van der Waals surface area (Å²) in [6.07, 6.45) is 0.443. The minimum Gasteiger partial charge on any atom is -0.425 e. The second-order valence-electron chi connectivity index (χ2n) is 9.39. The second-order valence-corrected chi connectivity index (χ2v) is 11.1. The summed E-state index contributed by atoms with van der Waals surface area (Å²) in [6, 6.07) is 19.7. The average Bonchev–Trinajstić information content (AvgIpc) is 2.85. The number of aryl methyl sites for hydroxylation is 2. The Hall–Kier alpha value is -3.75. The van der Waals surface area contributed by atoms with E-state index >= 15 is 0 Å². The van der Waals surface area contributed by atoms with Gasteiger partial charge in [0, 0.05) is 23.4 Å². The molecular formula is C29H29NO6S. The molecule has 0 aliphatic heterocycles. The molecule has 4 rings (SSSR count). The third kappa shape index (κ3) is 5.98. The summed E-state index contributed by atoms with van der Waals surface area (Å²) in [4.78, 5) is 25.8. The average molecular weight is 520 g/mol. The van der Waals surface area contributed by atoms with Crippen molar-refractivity contribution in [1.82, 2.24) is 4.72 Å². The van der Waals surface area contributed by atoms with Gasteiger partial charge in [0.25, 0.3) is 0 Å². The number of benzene rings is 3. The normalized spacial score (nSPS) is 12.6. The smallest absolute Gasteiger partial charge is 0.340 e. The van der Waals surface area contributed by atoms with Crippen LogP contribution in [-0.4, -0.2) is 20.4 Å². The molecule has 0 fully saturated rings. The van der Waals surface area contributed by atoms with Crippen molar-refractivity contribution in [2.45, 2.75) is 45.1 Å². The summed E-state index contributed by atoms with van der Waals surface area (Å²) in [5.41, 5.74) is 3.10. The van der Waals surface area contributed by atoms with E-state index in [1.165, 1.54) is 18.2 Å². The molecule has 0 spiro atoms. The van der Waals surface area contributed by atoms with Crippen LogP contribution in [0.2, 0.25) is 0 Å². The first-order valence-electron chi connectivity index (χ1n) is 12.0. The number of hydrogen-bond acceptors (Lipinski definition) is 6. The van der Waals surface area contributed by atoms with Gasteiger partial charge in [-0.3, -0.25) is 0 Å². The van der Waals surface area contributed by atoms with E-state index in [0.717, 1.165) is 22.1 Å². The topological polar surface area (TPSA) is 103 Å². The Morgan fingerprint density at radius 3 is 2.30 bits per heavy atom. The molecule has 0 unspecified atom stereocenters. The van der Waals surface area contributed by atoms with Gasteiger partial charge in [0.2, 0.25) is 10.0 Å². The van der Waals surface area contributed by atoms with Crippen molar-refractivity contribution in [1.29, 1.82) is 0 Å². The quantitative estimate of drug-likeness (QED) is 0.202. The third-order valence-corrected chi connectivity index (χ3v) is 7.69. The summed E-state index contributed by atoms with van der Waals surface area (Å²) in [6.45, 7) is 7.16. The number of fused-ring (bicyclic) bond motifs is 1. The van der Waals surface area contributed by atoms with Crippen LogP contribution in [0.3, 0.4) is 0 Å². The van der Waals surface area contributed by atoms with Gasteiger partial charge in [0.15, 0.2) is 0 Å². The maximum absolute atomic E-state index is 13.0. The third-order valence-electron chi connectivity index (χ3n) is 6.23. The van der Waals surface area contributed by atoms with Crippen molar-refractivity contribution < 1.29 is 22.4 Å². The monoisotopic (exact) mass is 519 g/mol. The molecule has 1 atom stereocenters. The number of sulfonamides is 1. The Morgan fingerprint density at radius 2 is 1.65 bits per heavy atom. The van der Waals surface area contributed by atoms with Gasteiger partial charge in [-0.2, -0.15) is 4.72 Å². The maximum Gasteiger partial charge on any atom is 0.340 e. The van der Waals surface area contributed by atoms with Crippen LogP contribution in [0, 0.1) is 19.8 Å². The molecule has 0 saturated carbocycles. The highest BCUT2D eigenvalue weighted by atomic mass is 32.2. The Bertz CT molecular complexity index is 1590. The fourth-order valence-electron chi connectivity index (χ4n) is 4.03. The summed E-state index contributed by atoms with van der Waals surface area (Å²) in [5.74, 6) is -0.991. The Morgan fingerprint density at radius 1 is 0.973 bits per heavy atom. The lowest BCUT2D eigenvalue weighted by Crippen LogP contribution is -2.46. The lowest BCUT2D eigenvalue weighted by atomic mass is 10.00. The van der Waals surface area contributed by atoms with Gasteiger partial charge in [-0.05, 0) is 55.2 Å². The molecular weight excluding hydrogens is 490 g/mol. The lowest BCUT2D eigenvalue weighted by Gasteiger charge is -2.21. The summed E-state index contributed by atoms with van der Waals surface area (Å²) in [7, 11) is -3.95. The van der Waals surface area contributed by atoms with Gasteiger partial charge in [-0.1, -0.05) is 61.9 Å². The van der Waals surface area contributed by atoms with Gasteiger partial charge < -0.3 is 9.15 Å². The van der Waals surface area contributed by atoms with Crippen molar-refractivity contribution in [3.63, 3.8) is 0 Å². The van der Waals surface area contributed by atoms with Gasteiger partial charge >= 0.3 is 11.6 Å². The van der Waals surface area contributed by atoms with E-state index in [0.29, 0.717) is 12.0 Å². The number of esters is 1. The van der Waals surface area contributed by atoms with E-state index in [9.17, 15) is 18.0 Å². The molecule has 1 heterocycles. The predicted octanol–water partition coefficient (Wildman–Crippen LogP) is 4.91. The van der Waals surface area contributed by atoms with Crippen molar-refractivity contribution in [3.8, 4) is 5.75 Å². The highest BCUT2D eigenvalue weighted by Gasteiger charge is 2.30. The van der Waals surface area contributed by atoms with Crippen LogP contribution in [-0.2, 0) is 21.2 Å². The number of rotatable bonds is 8. The van der Waals surface area contributed by atoms with Crippen LogP contribution in [0.25, 0.3) is 11.0 Å². The molecule has 8 heteroatoms. The first kappa shape index (κ1) is 26.3. The Balaban J connectivity index is 1.57. The zero-order valence-corrected chi connectivity index (χ0v) is 22.0. The number of carbonyl (C=O) groups is 1. The van der Waals surface area contributed by atoms with E-state index in [2.05, 4.69) is 4.72 Å². The van der Waals surface area contributed by atoms with Crippen molar-refractivity contribution >= 4 is 27.0 Å². The van der Waals surface area contributed by atoms with Gasteiger partial charge in [-0.15, -0.1) is 0 Å².